The molecule has 1 aliphatic rings. The molecule has 1 aromatic rings. The van der Waals surface area contributed by atoms with Crippen LogP contribution < -0.4 is 10.6 Å². The van der Waals surface area contributed by atoms with E-state index in [9.17, 15) is 4.79 Å². The van der Waals surface area contributed by atoms with E-state index in [1.54, 1.807) is 0 Å². The van der Waals surface area contributed by atoms with Crippen LogP contribution in [0.1, 0.15) is 44.7 Å². The summed E-state index contributed by atoms with van der Waals surface area (Å²) in [5.74, 6) is 0.843. The Morgan fingerprint density at radius 2 is 2.05 bits per heavy atom. The van der Waals surface area contributed by atoms with E-state index in [-0.39, 0.29) is 5.91 Å². The Morgan fingerprint density at radius 3 is 2.62 bits per heavy atom. The van der Waals surface area contributed by atoms with Gasteiger partial charge in [-0.05, 0) is 63.2 Å². The molecular weight excluding hydrogens is 260 g/mol. The van der Waals surface area contributed by atoms with Crippen LogP contribution in [-0.4, -0.2) is 25.5 Å². The van der Waals surface area contributed by atoms with Crippen molar-refractivity contribution in [3.63, 3.8) is 0 Å². The van der Waals surface area contributed by atoms with Crippen molar-refractivity contribution >= 4 is 5.91 Å². The van der Waals surface area contributed by atoms with Gasteiger partial charge in [-0.1, -0.05) is 31.2 Å². The average molecular weight is 288 g/mol. The molecule has 3 heteroatoms. The van der Waals surface area contributed by atoms with Gasteiger partial charge in [0.2, 0.25) is 5.91 Å². The van der Waals surface area contributed by atoms with E-state index in [1.165, 1.54) is 12.0 Å². The van der Waals surface area contributed by atoms with Crippen molar-refractivity contribution in [2.45, 2.75) is 45.4 Å². The molecule has 0 aliphatic carbocycles. The highest BCUT2D eigenvalue weighted by Gasteiger charge is 2.29. The minimum absolute atomic E-state index is 0.123. The van der Waals surface area contributed by atoms with E-state index >= 15 is 0 Å². The van der Waals surface area contributed by atoms with Crippen molar-refractivity contribution in [2.75, 3.05) is 19.6 Å². The highest BCUT2D eigenvalue weighted by Crippen LogP contribution is 2.24. The lowest BCUT2D eigenvalue weighted by Crippen LogP contribution is -2.40. The maximum atomic E-state index is 12.5. The maximum Gasteiger partial charge on any atom is 0.230 e. The summed E-state index contributed by atoms with van der Waals surface area (Å²) in [6, 6.07) is 8.40. The zero-order valence-corrected chi connectivity index (χ0v) is 13.5. The molecule has 0 bridgehead atoms. The van der Waals surface area contributed by atoms with Crippen LogP contribution in [0.2, 0.25) is 0 Å². The SMILES string of the molecule is CCc1ccc(C(C)(C)C(=O)NCCC2CCNC2)cc1. The lowest BCUT2D eigenvalue weighted by atomic mass is 9.83. The molecule has 1 heterocycles. The third-order valence-corrected chi connectivity index (χ3v) is 4.65. The van der Waals surface area contributed by atoms with Crippen LogP contribution in [0.15, 0.2) is 24.3 Å². The van der Waals surface area contributed by atoms with Crippen LogP contribution >= 0.6 is 0 Å². The van der Waals surface area contributed by atoms with Gasteiger partial charge < -0.3 is 10.6 Å². The van der Waals surface area contributed by atoms with Crippen molar-refractivity contribution in [1.82, 2.24) is 10.6 Å². The summed E-state index contributed by atoms with van der Waals surface area (Å²) < 4.78 is 0. The predicted molar refractivity (Wildman–Crippen MR) is 87.4 cm³/mol. The van der Waals surface area contributed by atoms with Gasteiger partial charge in [0, 0.05) is 6.54 Å². The molecule has 2 rings (SSSR count). The minimum atomic E-state index is -0.472. The Bertz CT molecular complexity index is 459. The smallest absolute Gasteiger partial charge is 0.230 e. The Labute approximate surface area is 128 Å². The fourth-order valence-corrected chi connectivity index (χ4v) is 2.86. The molecule has 1 aromatic carbocycles. The van der Waals surface area contributed by atoms with Gasteiger partial charge >= 0.3 is 0 Å². The van der Waals surface area contributed by atoms with E-state index in [4.69, 9.17) is 0 Å². The number of amides is 1. The molecule has 2 N–H and O–H groups in total. The van der Waals surface area contributed by atoms with Crippen LogP contribution in [0.3, 0.4) is 0 Å². The zero-order chi connectivity index (χ0) is 15.3. The molecule has 1 unspecified atom stereocenters. The third-order valence-electron chi connectivity index (χ3n) is 4.65. The van der Waals surface area contributed by atoms with Gasteiger partial charge in [0.25, 0.3) is 0 Å². The molecule has 0 spiro atoms. The number of rotatable bonds is 6. The van der Waals surface area contributed by atoms with Crippen molar-refractivity contribution in [2.24, 2.45) is 5.92 Å². The van der Waals surface area contributed by atoms with E-state index in [2.05, 4.69) is 41.8 Å². The van der Waals surface area contributed by atoms with Gasteiger partial charge in [0.1, 0.15) is 0 Å². The Balaban J connectivity index is 1.88. The first-order chi connectivity index (χ1) is 10.0. The summed E-state index contributed by atoms with van der Waals surface area (Å²) in [6.07, 6.45) is 3.34. The molecule has 1 amide bonds. The highest BCUT2D eigenvalue weighted by atomic mass is 16.2. The number of benzene rings is 1. The molecule has 21 heavy (non-hydrogen) atoms. The molecular formula is C18H28N2O. The standard InChI is InChI=1S/C18H28N2O/c1-4-14-5-7-16(8-6-14)18(2,3)17(21)20-12-10-15-9-11-19-13-15/h5-8,15,19H,4,9-13H2,1-3H3,(H,20,21). The van der Waals surface area contributed by atoms with E-state index in [0.717, 1.165) is 44.0 Å². The normalized spacial score (nSPS) is 18.7. The quantitative estimate of drug-likeness (QED) is 0.845. The van der Waals surface area contributed by atoms with Gasteiger partial charge in [-0.25, -0.2) is 0 Å². The van der Waals surface area contributed by atoms with Crippen molar-refractivity contribution in [3.05, 3.63) is 35.4 Å². The second kappa shape index (κ2) is 7.08. The summed E-state index contributed by atoms with van der Waals surface area (Å²) in [5.41, 5.74) is 1.92. The molecule has 1 fully saturated rings. The fourth-order valence-electron chi connectivity index (χ4n) is 2.86. The number of hydrogen-bond acceptors (Lipinski definition) is 2. The minimum Gasteiger partial charge on any atom is -0.355 e. The Kier molecular flexibility index (Phi) is 5.40. The van der Waals surface area contributed by atoms with E-state index in [1.807, 2.05) is 13.8 Å². The van der Waals surface area contributed by atoms with E-state index < -0.39 is 5.41 Å². The number of hydrogen-bond donors (Lipinski definition) is 2. The second-order valence-corrected chi connectivity index (χ2v) is 6.58. The Morgan fingerprint density at radius 1 is 1.33 bits per heavy atom. The molecule has 0 saturated carbocycles. The molecule has 116 valence electrons. The van der Waals surface area contributed by atoms with Crippen LogP contribution in [-0.2, 0) is 16.6 Å². The number of carbonyl (C=O) groups excluding carboxylic acids is 1. The van der Waals surface area contributed by atoms with Crippen LogP contribution in [0.25, 0.3) is 0 Å². The summed E-state index contributed by atoms with van der Waals surface area (Å²) in [6.45, 7) is 9.14. The van der Waals surface area contributed by atoms with Crippen molar-refractivity contribution < 1.29 is 4.79 Å². The third kappa shape index (κ3) is 4.07. The van der Waals surface area contributed by atoms with Crippen LogP contribution in [0, 0.1) is 5.92 Å². The Hall–Kier alpha value is -1.35. The number of nitrogens with one attached hydrogen (secondary N) is 2. The first-order valence-electron chi connectivity index (χ1n) is 8.12. The van der Waals surface area contributed by atoms with Crippen molar-refractivity contribution in [1.29, 1.82) is 0 Å². The molecule has 0 aromatic heterocycles. The molecule has 1 aliphatic heterocycles. The summed E-state index contributed by atoms with van der Waals surface area (Å²) in [7, 11) is 0. The number of carbonyl (C=O) groups is 1. The molecule has 3 nitrogen and oxygen atoms in total. The predicted octanol–water partition coefficient (Wildman–Crippen LogP) is 2.64. The fraction of sp³-hybridized carbons (Fsp3) is 0.611. The molecule has 1 saturated heterocycles. The van der Waals surface area contributed by atoms with Gasteiger partial charge in [-0.2, -0.15) is 0 Å². The summed E-state index contributed by atoms with van der Waals surface area (Å²) in [5, 5.41) is 6.47. The molecule has 0 radical (unpaired) electrons. The zero-order valence-electron chi connectivity index (χ0n) is 13.5. The topological polar surface area (TPSA) is 41.1 Å². The van der Waals surface area contributed by atoms with Crippen LogP contribution in [0.4, 0.5) is 0 Å². The lowest BCUT2D eigenvalue weighted by molar-refractivity contribution is -0.125. The number of aryl methyl sites for hydroxylation is 1. The monoisotopic (exact) mass is 288 g/mol. The summed E-state index contributed by atoms with van der Waals surface area (Å²) in [4.78, 5) is 12.5. The maximum absolute atomic E-state index is 12.5. The highest BCUT2D eigenvalue weighted by molar-refractivity contribution is 5.87. The largest absolute Gasteiger partial charge is 0.355 e. The molecule has 1 atom stereocenters. The van der Waals surface area contributed by atoms with Crippen molar-refractivity contribution in [3.8, 4) is 0 Å². The van der Waals surface area contributed by atoms with Gasteiger partial charge in [0.15, 0.2) is 0 Å². The summed E-state index contributed by atoms with van der Waals surface area (Å²) >= 11 is 0. The second-order valence-electron chi connectivity index (χ2n) is 6.58. The average Bonchev–Trinajstić information content (AvgIpc) is 3.00. The lowest BCUT2D eigenvalue weighted by Gasteiger charge is -2.25. The van der Waals surface area contributed by atoms with Crippen LogP contribution in [0.5, 0.6) is 0 Å². The van der Waals surface area contributed by atoms with Gasteiger partial charge in [0.05, 0.1) is 5.41 Å². The van der Waals surface area contributed by atoms with Gasteiger partial charge in [-0.15, -0.1) is 0 Å². The van der Waals surface area contributed by atoms with E-state index in [0.29, 0.717) is 0 Å². The first kappa shape index (κ1) is 16.0. The first-order valence-corrected chi connectivity index (χ1v) is 8.12. The van der Waals surface area contributed by atoms with Gasteiger partial charge in [-0.3, -0.25) is 4.79 Å².